The van der Waals surface area contributed by atoms with Crippen LogP contribution in [-0.4, -0.2) is 15.0 Å². The number of hydrogen-bond acceptors (Lipinski definition) is 5. The van der Waals surface area contributed by atoms with Crippen LogP contribution in [0, 0.1) is 35.8 Å². The summed E-state index contributed by atoms with van der Waals surface area (Å²) in [6.07, 6.45) is 0. The van der Waals surface area contributed by atoms with Gasteiger partial charge < -0.3 is 0 Å². The fraction of sp³-hybridized carbons (Fsp3) is 0. The van der Waals surface area contributed by atoms with E-state index in [0.29, 0.717) is 61.6 Å². The van der Waals surface area contributed by atoms with E-state index < -0.39 is 0 Å². The first-order chi connectivity index (χ1) is 21.6. The van der Waals surface area contributed by atoms with E-state index in [1.165, 1.54) is 0 Å². The normalized spacial score (nSPS) is 10.6. The number of nitrogens with zero attached hydrogens (tertiary/aromatic N) is 7. The highest BCUT2D eigenvalue weighted by molar-refractivity contribution is 6.23. The lowest BCUT2D eigenvalue weighted by Crippen LogP contribution is -1.99. The van der Waals surface area contributed by atoms with Crippen molar-refractivity contribution in [2.45, 2.75) is 0 Å². The molecule has 0 fully saturated rings. The van der Waals surface area contributed by atoms with Crippen molar-refractivity contribution in [1.82, 2.24) is 15.0 Å². The first kappa shape index (κ1) is 26.0. The van der Waals surface area contributed by atoms with Gasteiger partial charge in [0, 0.05) is 27.3 Å². The number of benzene rings is 5. The van der Waals surface area contributed by atoms with Gasteiger partial charge in [0.25, 0.3) is 0 Å². The summed E-state index contributed by atoms with van der Waals surface area (Å²) in [5.41, 5.74) is 7.35. The van der Waals surface area contributed by atoms with Crippen LogP contribution in [0.2, 0.25) is 0 Å². The van der Waals surface area contributed by atoms with E-state index in [1.807, 2.05) is 66.7 Å². The van der Waals surface area contributed by atoms with Crippen LogP contribution >= 0.6 is 0 Å². The van der Waals surface area contributed by atoms with Crippen LogP contribution in [0.4, 0.5) is 11.4 Å². The van der Waals surface area contributed by atoms with Crippen molar-refractivity contribution in [2.75, 3.05) is 0 Å². The van der Waals surface area contributed by atoms with Crippen molar-refractivity contribution in [3.05, 3.63) is 137 Å². The quantitative estimate of drug-likeness (QED) is 0.159. The average molecular weight is 560 g/mol. The molecular formula is C37H17N7. The minimum absolute atomic E-state index is 0.304. The molecule has 7 rings (SSSR count). The summed E-state index contributed by atoms with van der Waals surface area (Å²) in [4.78, 5) is 22.7. The Morgan fingerprint density at radius 3 is 1.93 bits per heavy atom. The molecule has 0 bridgehead atoms. The Balaban J connectivity index is 1.67. The Labute approximate surface area is 252 Å². The highest BCUT2D eigenvalue weighted by Gasteiger charge is 2.22. The van der Waals surface area contributed by atoms with Crippen molar-refractivity contribution in [1.29, 1.82) is 10.5 Å². The molecule has 0 saturated carbocycles. The second-order valence-corrected chi connectivity index (χ2v) is 10.0. The molecule has 7 heteroatoms. The second kappa shape index (κ2) is 10.5. The number of para-hydroxylation sites is 1. The van der Waals surface area contributed by atoms with Crippen molar-refractivity contribution >= 4 is 44.1 Å². The van der Waals surface area contributed by atoms with E-state index in [9.17, 15) is 10.5 Å². The van der Waals surface area contributed by atoms with Gasteiger partial charge in [-0.3, -0.25) is 4.98 Å². The molecule has 44 heavy (non-hydrogen) atoms. The molecule has 2 heterocycles. The molecule has 7 aromatic rings. The van der Waals surface area contributed by atoms with Crippen LogP contribution in [0.25, 0.3) is 76.2 Å². The lowest BCUT2D eigenvalue weighted by Gasteiger charge is -2.16. The smallest absolute Gasteiger partial charge is 0.215 e. The molecule has 0 aliphatic rings. The van der Waals surface area contributed by atoms with Gasteiger partial charge in [0.2, 0.25) is 5.69 Å². The molecule has 0 aliphatic carbocycles. The molecule has 0 saturated heterocycles. The molecule has 0 unspecified atom stereocenters. The van der Waals surface area contributed by atoms with Crippen LogP contribution in [-0.2, 0) is 0 Å². The Morgan fingerprint density at radius 2 is 1.25 bits per heavy atom. The van der Waals surface area contributed by atoms with E-state index >= 15 is 0 Å². The van der Waals surface area contributed by atoms with Gasteiger partial charge in [0.15, 0.2) is 5.69 Å². The van der Waals surface area contributed by atoms with E-state index in [1.54, 1.807) is 36.4 Å². The Hall–Kier alpha value is -6.93. The van der Waals surface area contributed by atoms with Crippen LogP contribution in [0.3, 0.4) is 0 Å². The maximum absolute atomic E-state index is 9.92. The predicted octanol–water partition coefficient (Wildman–Crippen LogP) is 9.18. The van der Waals surface area contributed by atoms with Crippen LogP contribution in [0.15, 0.2) is 103 Å². The zero-order valence-corrected chi connectivity index (χ0v) is 22.9. The minimum atomic E-state index is 0.304. The lowest BCUT2D eigenvalue weighted by atomic mass is 9.95. The molecular weight excluding hydrogens is 542 g/mol. The van der Waals surface area contributed by atoms with E-state index in [-0.39, 0.29) is 0 Å². The molecule has 0 radical (unpaired) electrons. The lowest BCUT2D eigenvalue weighted by molar-refractivity contribution is 1.30. The van der Waals surface area contributed by atoms with Gasteiger partial charge >= 0.3 is 0 Å². The summed E-state index contributed by atoms with van der Waals surface area (Å²) in [7, 11) is 0. The summed E-state index contributed by atoms with van der Waals surface area (Å²) in [6, 6.07) is 35.5. The molecule has 5 aromatic carbocycles. The monoisotopic (exact) mass is 559 g/mol. The van der Waals surface area contributed by atoms with Crippen molar-refractivity contribution in [3.8, 4) is 45.9 Å². The SMILES string of the molecule is [C-]#[N+]c1ccc(-c2nc3c([N+]#[C-])cc4c(-c5ccccc5C#N)nc5ccccc5c4c3nc2-c2ccc(C#N)cc2)cc1. The predicted molar refractivity (Wildman–Crippen MR) is 171 cm³/mol. The van der Waals surface area contributed by atoms with Crippen LogP contribution in [0.1, 0.15) is 11.1 Å². The number of hydrogen-bond donors (Lipinski definition) is 0. The molecule has 0 amide bonds. The molecule has 0 N–H and O–H groups in total. The fourth-order valence-corrected chi connectivity index (χ4v) is 5.49. The first-order valence-corrected chi connectivity index (χ1v) is 13.6. The molecule has 7 nitrogen and oxygen atoms in total. The van der Waals surface area contributed by atoms with Gasteiger partial charge in [0.05, 0.1) is 70.0 Å². The maximum atomic E-state index is 9.92. The van der Waals surface area contributed by atoms with Gasteiger partial charge in [-0.1, -0.05) is 72.8 Å². The van der Waals surface area contributed by atoms with E-state index in [2.05, 4.69) is 21.8 Å². The van der Waals surface area contributed by atoms with Crippen LogP contribution in [0.5, 0.6) is 0 Å². The van der Waals surface area contributed by atoms with Crippen molar-refractivity contribution in [2.24, 2.45) is 0 Å². The zero-order valence-electron chi connectivity index (χ0n) is 22.9. The largest absolute Gasteiger partial charge is 0.255 e. The minimum Gasteiger partial charge on any atom is -0.255 e. The van der Waals surface area contributed by atoms with Gasteiger partial charge in [0.1, 0.15) is 0 Å². The summed E-state index contributed by atoms with van der Waals surface area (Å²) in [5.74, 6) is 0. The second-order valence-electron chi connectivity index (χ2n) is 10.0. The standard InChI is InChI=1S/C37H17N7/c1-40-26-17-15-24(16-18-26)33-34(23-13-11-22(20-38)12-14-23)44-37-32-28-9-5-6-10-30(28)42-35(27-8-4-3-7-25(27)21-39)29(32)19-31(41-2)36(37)43-33/h3-19H. The Kier molecular flexibility index (Phi) is 6.19. The molecule has 0 aliphatic heterocycles. The topological polar surface area (TPSA) is 95.0 Å². The molecule has 200 valence electrons. The number of rotatable bonds is 3. The van der Waals surface area contributed by atoms with Gasteiger partial charge in [-0.15, -0.1) is 0 Å². The zero-order chi connectivity index (χ0) is 30.2. The third-order valence-corrected chi connectivity index (χ3v) is 7.57. The maximum Gasteiger partial charge on any atom is 0.215 e. The van der Waals surface area contributed by atoms with Gasteiger partial charge in [-0.2, -0.15) is 10.5 Å². The first-order valence-electron chi connectivity index (χ1n) is 13.6. The van der Waals surface area contributed by atoms with Gasteiger partial charge in [-0.25, -0.2) is 19.7 Å². The summed E-state index contributed by atoms with van der Waals surface area (Å²) in [5, 5.41) is 21.6. The number of aromatic nitrogens is 3. The van der Waals surface area contributed by atoms with Crippen LogP contribution < -0.4 is 0 Å². The number of pyridine rings is 1. The molecule has 0 atom stereocenters. The summed E-state index contributed by atoms with van der Waals surface area (Å²) in [6.45, 7) is 15.5. The fourth-order valence-electron chi connectivity index (χ4n) is 5.49. The Bertz CT molecular complexity index is 2470. The summed E-state index contributed by atoms with van der Waals surface area (Å²) < 4.78 is 0. The van der Waals surface area contributed by atoms with E-state index in [4.69, 9.17) is 28.1 Å². The Morgan fingerprint density at radius 1 is 0.591 bits per heavy atom. The summed E-state index contributed by atoms with van der Waals surface area (Å²) >= 11 is 0. The van der Waals surface area contributed by atoms with E-state index in [0.717, 1.165) is 27.4 Å². The number of nitriles is 2. The molecule has 2 aromatic heterocycles. The average Bonchev–Trinajstić information content (AvgIpc) is 3.10. The van der Waals surface area contributed by atoms with Crippen molar-refractivity contribution in [3.63, 3.8) is 0 Å². The number of fused-ring (bicyclic) bond motifs is 5. The third kappa shape index (κ3) is 4.15. The third-order valence-electron chi connectivity index (χ3n) is 7.57. The van der Waals surface area contributed by atoms with Crippen molar-refractivity contribution < 1.29 is 0 Å². The van der Waals surface area contributed by atoms with Gasteiger partial charge in [-0.05, 0) is 35.9 Å². The highest BCUT2D eigenvalue weighted by atomic mass is 14.9. The molecule has 0 spiro atoms. The highest BCUT2D eigenvalue weighted by Crippen LogP contribution is 2.43.